The van der Waals surface area contributed by atoms with Crippen LogP contribution in [0.15, 0.2) is 24.2 Å². The zero-order chi connectivity index (χ0) is 9.03. The number of hydrogen-bond donors (Lipinski definition) is 0. The van der Waals surface area contributed by atoms with Crippen molar-refractivity contribution in [3.63, 3.8) is 0 Å². The molecule has 0 saturated heterocycles. The molecule has 1 heterocycles. The van der Waals surface area contributed by atoms with Crippen molar-refractivity contribution in [2.75, 3.05) is 0 Å². The van der Waals surface area contributed by atoms with Gasteiger partial charge in [0, 0.05) is 0 Å². The summed E-state index contributed by atoms with van der Waals surface area (Å²) in [5.74, 6) is 2.37. The largest absolute Gasteiger partial charge is 0.176 e. The van der Waals surface area contributed by atoms with Crippen LogP contribution >= 0.6 is 0 Å². The molecule has 1 aliphatic rings. The Balaban J connectivity index is 2.84. The van der Waals surface area contributed by atoms with Gasteiger partial charge in [-0.05, 0) is 5.31 Å². The van der Waals surface area contributed by atoms with E-state index in [2.05, 4.69) is 45.0 Å². The second kappa shape index (κ2) is 3.98. The standard InChI is InChI=1S/C11H19B/c1-4-11(5-2)9-7-8-10-12(11)6-3/h7-10H,4-6H2,1-3H3. The van der Waals surface area contributed by atoms with Crippen molar-refractivity contribution in [3.05, 3.63) is 24.2 Å². The Labute approximate surface area is 76.8 Å². The average Bonchev–Trinajstić information content (AvgIpc) is 2.17. The van der Waals surface area contributed by atoms with E-state index in [0.29, 0.717) is 5.31 Å². The Morgan fingerprint density at radius 2 is 1.75 bits per heavy atom. The first-order valence-electron chi connectivity index (χ1n) is 5.15. The highest BCUT2D eigenvalue weighted by molar-refractivity contribution is 6.68. The van der Waals surface area contributed by atoms with Gasteiger partial charge in [0.05, 0.1) is 0 Å². The van der Waals surface area contributed by atoms with Gasteiger partial charge in [0.2, 0.25) is 0 Å². The van der Waals surface area contributed by atoms with Gasteiger partial charge >= 0.3 is 0 Å². The summed E-state index contributed by atoms with van der Waals surface area (Å²) in [4.78, 5) is 0. The zero-order valence-electron chi connectivity index (χ0n) is 8.51. The molecule has 0 atom stereocenters. The van der Waals surface area contributed by atoms with E-state index in [1.54, 1.807) is 0 Å². The molecule has 12 heavy (non-hydrogen) atoms. The summed E-state index contributed by atoms with van der Waals surface area (Å²) in [6.45, 7) is 7.65. The molecule has 0 saturated carbocycles. The van der Waals surface area contributed by atoms with E-state index >= 15 is 0 Å². The van der Waals surface area contributed by atoms with Gasteiger partial charge in [-0.15, -0.1) is 5.98 Å². The molecular formula is C11H19B. The fourth-order valence-corrected chi connectivity index (χ4v) is 2.31. The molecule has 1 heteroatoms. The van der Waals surface area contributed by atoms with E-state index < -0.39 is 0 Å². The molecule has 1 aliphatic heterocycles. The van der Waals surface area contributed by atoms with E-state index in [1.165, 1.54) is 19.2 Å². The van der Waals surface area contributed by atoms with Gasteiger partial charge in [-0.1, -0.05) is 58.2 Å². The molecule has 66 valence electrons. The third kappa shape index (κ3) is 1.50. The molecule has 0 aromatic heterocycles. The van der Waals surface area contributed by atoms with Crippen LogP contribution in [0.3, 0.4) is 0 Å². The topological polar surface area (TPSA) is 0 Å². The van der Waals surface area contributed by atoms with Crippen molar-refractivity contribution < 1.29 is 0 Å². The van der Waals surface area contributed by atoms with Crippen LogP contribution in [-0.4, -0.2) is 6.71 Å². The summed E-state index contributed by atoms with van der Waals surface area (Å²) in [6, 6.07) is 0. The maximum Gasteiger partial charge on any atom is 0.176 e. The lowest BCUT2D eigenvalue weighted by molar-refractivity contribution is 0.612. The Kier molecular flexibility index (Phi) is 3.19. The van der Waals surface area contributed by atoms with Crippen molar-refractivity contribution in [1.29, 1.82) is 0 Å². The minimum atomic E-state index is 0.462. The summed E-state index contributed by atoms with van der Waals surface area (Å²) < 4.78 is 0. The SMILES string of the molecule is CCB1C=CC=CC1(CC)CC. The highest BCUT2D eigenvalue weighted by atomic mass is 14.2. The highest BCUT2D eigenvalue weighted by Gasteiger charge is 2.33. The predicted octanol–water partition coefficient (Wildman–Crippen LogP) is 3.73. The van der Waals surface area contributed by atoms with Gasteiger partial charge < -0.3 is 0 Å². The maximum atomic E-state index is 2.40. The van der Waals surface area contributed by atoms with E-state index in [9.17, 15) is 0 Å². The van der Waals surface area contributed by atoms with Crippen LogP contribution in [-0.2, 0) is 0 Å². The van der Waals surface area contributed by atoms with Gasteiger partial charge in [0.15, 0.2) is 6.71 Å². The van der Waals surface area contributed by atoms with E-state index in [-0.39, 0.29) is 0 Å². The molecule has 0 aromatic carbocycles. The lowest BCUT2D eigenvalue weighted by Gasteiger charge is -2.34. The molecule has 0 fully saturated rings. The minimum absolute atomic E-state index is 0.462. The molecule has 1 rings (SSSR count). The monoisotopic (exact) mass is 162 g/mol. The Bertz CT molecular complexity index is 187. The van der Waals surface area contributed by atoms with Crippen LogP contribution in [0, 0.1) is 0 Å². The average molecular weight is 162 g/mol. The van der Waals surface area contributed by atoms with Gasteiger partial charge in [0.25, 0.3) is 0 Å². The van der Waals surface area contributed by atoms with Gasteiger partial charge in [-0.2, -0.15) is 0 Å². The summed E-state index contributed by atoms with van der Waals surface area (Å²) in [5, 5.41) is 0.462. The smallest absolute Gasteiger partial charge is 0.114 e. The van der Waals surface area contributed by atoms with E-state index in [1.807, 2.05) is 0 Å². The van der Waals surface area contributed by atoms with Crippen molar-refractivity contribution in [3.8, 4) is 0 Å². The van der Waals surface area contributed by atoms with Crippen molar-refractivity contribution >= 4 is 6.71 Å². The van der Waals surface area contributed by atoms with Gasteiger partial charge in [0.1, 0.15) is 0 Å². The summed E-state index contributed by atoms with van der Waals surface area (Å²) in [5.41, 5.74) is 0. The van der Waals surface area contributed by atoms with Crippen molar-refractivity contribution in [2.24, 2.45) is 0 Å². The number of rotatable bonds is 3. The quantitative estimate of drug-likeness (QED) is 0.554. The second-order valence-corrected chi connectivity index (χ2v) is 3.70. The second-order valence-electron chi connectivity index (χ2n) is 3.70. The first-order valence-corrected chi connectivity index (χ1v) is 5.15. The van der Waals surface area contributed by atoms with Crippen LogP contribution in [0.4, 0.5) is 0 Å². The molecule has 0 bridgehead atoms. The normalized spacial score (nSPS) is 20.1. The molecule has 0 N–H and O–H groups in total. The number of allylic oxidation sites excluding steroid dienone is 3. The van der Waals surface area contributed by atoms with E-state index in [0.717, 1.165) is 6.71 Å². The Hall–Kier alpha value is -0.455. The van der Waals surface area contributed by atoms with Crippen LogP contribution < -0.4 is 0 Å². The first-order chi connectivity index (χ1) is 5.79. The summed E-state index contributed by atoms with van der Waals surface area (Å²) in [6.07, 6.45) is 10.6. The number of hydrogen-bond acceptors (Lipinski definition) is 0. The fourth-order valence-electron chi connectivity index (χ4n) is 2.31. The third-order valence-corrected chi connectivity index (χ3v) is 3.38. The van der Waals surface area contributed by atoms with Crippen molar-refractivity contribution in [1.82, 2.24) is 0 Å². The van der Waals surface area contributed by atoms with E-state index in [4.69, 9.17) is 0 Å². The summed E-state index contributed by atoms with van der Waals surface area (Å²) in [7, 11) is 0. The predicted molar refractivity (Wildman–Crippen MR) is 57.8 cm³/mol. The van der Waals surface area contributed by atoms with Crippen LogP contribution in [0.25, 0.3) is 0 Å². The molecule has 0 aromatic rings. The lowest BCUT2D eigenvalue weighted by Crippen LogP contribution is -2.29. The minimum Gasteiger partial charge on any atom is -0.114 e. The molecular weight excluding hydrogens is 143 g/mol. The molecule has 0 amide bonds. The van der Waals surface area contributed by atoms with Crippen LogP contribution in [0.1, 0.15) is 33.6 Å². The summed E-state index contributed by atoms with van der Waals surface area (Å²) >= 11 is 0. The molecule has 0 unspecified atom stereocenters. The maximum absolute atomic E-state index is 2.40. The van der Waals surface area contributed by atoms with Crippen molar-refractivity contribution in [2.45, 2.75) is 45.2 Å². The third-order valence-electron chi connectivity index (χ3n) is 3.38. The molecule has 0 spiro atoms. The Morgan fingerprint density at radius 1 is 1.08 bits per heavy atom. The van der Waals surface area contributed by atoms with Gasteiger partial charge in [-0.25, -0.2) is 0 Å². The zero-order valence-corrected chi connectivity index (χ0v) is 8.51. The van der Waals surface area contributed by atoms with Gasteiger partial charge in [-0.3, -0.25) is 0 Å². The highest BCUT2D eigenvalue weighted by Crippen LogP contribution is 2.43. The van der Waals surface area contributed by atoms with Crippen LogP contribution in [0.5, 0.6) is 0 Å². The first kappa shape index (κ1) is 9.63. The Morgan fingerprint density at radius 3 is 2.17 bits per heavy atom. The molecule has 0 radical (unpaired) electrons. The lowest BCUT2D eigenvalue weighted by atomic mass is 9.29. The van der Waals surface area contributed by atoms with Crippen LogP contribution in [0.2, 0.25) is 11.6 Å². The molecule has 0 nitrogen and oxygen atoms in total. The fraction of sp³-hybridized carbons (Fsp3) is 0.636. The molecule has 0 aliphatic carbocycles.